The second kappa shape index (κ2) is 7.89. The highest BCUT2D eigenvalue weighted by Gasteiger charge is 2.39. The molecule has 2 heterocycles. The summed E-state index contributed by atoms with van der Waals surface area (Å²) in [6, 6.07) is 15.7. The summed E-state index contributed by atoms with van der Waals surface area (Å²) in [6.45, 7) is 1.90. The predicted molar refractivity (Wildman–Crippen MR) is 111 cm³/mol. The lowest BCUT2D eigenvalue weighted by molar-refractivity contribution is -0.137. The molecular weight excluding hydrogens is 411 g/mol. The number of benzene rings is 2. The van der Waals surface area contributed by atoms with Crippen molar-refractivity contribution < 1.29 is 23.1 Å². The van der Waals surface area contributed by atoms with E-state index in [4.69, 9.17) is 0 Å². The van der Waals surface area contributed by atoms with E-state index >= 15 is 0 Å². The molecule has 1 saturated heterocycles. The van der Waals surface area contributed by atoms with Crippen LogP contribution >= 0.6 is 11.3 Å². The Morgan fingerprint density at radius 1 is 1.07 bits per heavy atom. The molecule has 0 radical (unpaired) electrons. The molecule has 1 unspecified atom stereocenters. The van der Waals surface area contributed by atoms with Crippen LogP contribution in [0.5, 0.6) is 0 Å². The van der Waals surface area contributed by atoms with Gasteiger partial charge in [-0.3, -0.25) is 4.79 Å². The molecule has 0 spiro atoms. The minimum atomic E-state index is -4.46. The Balaban J connectivity index is 1.66. The summed E-state index contributed by atoms with van der Waals surface area (Å²) >= 11 is 1.13. The monoisotopic (exact) mass is 431 g/mol. The quantitative estimate of drug-likeness (QED) is 0.553. The number of amides is 1. The van der Waals surface area contributed by atoms with Crippen molar-refractivity contribution in [1.82, 2.24) is 0 Å². The molecule has 2 atom stereocenters. The van der Waals surface area contributed by atoms with E-state index in [1.165, 1.54) is 12.1 Å². The minimum Gasteiger partial charge on any atom is -0.385 e. The summed E-state index contributed by atoms with van der Waals surface area (Å²) in [6.07, 6.45) is -4.63. The van der Waals surface area contributed by atoms with Crippen LogP contribution in [0.3, 0.4) is 0 Å². The van der Waals surface area contributed by atoms with Gasteiger partial charge < -0.3 is 10.0 Å². The first-order valence-corrected chi connectivity index (χ1v) is 10.4. The Hall–Kier alpha value is -2.64. The fourth-order valence-corrected chi connectivity index (χ4v) is 5.03. The molecule has 1 aliphatic rings. The molecule has 156 valence electrons. The van der Waals surface area contributed by atoms with E-state index in [1.807, 2.05) is 31.2 Å². The van der Waals surface area contributed by atoms with Crippen molar-refractivity contribution in [3.8, 4) is 10.4 Å². The fraction of sp³-hybridized carbons (Fsp3) is 0.261. The van der Waals surface area contributed by atoms with Crippen LogP contribution in [0.2, 0.25) is 0 Å². The van der Waals surface area contributed by atoms with E-state index in [9.17, 15) is 23.1 Å². The lowest BCUT2D eigenvalue weighted by Crippen LogP contribution is -2.37. The summed E-state index contributed by atoms with van der Waals surface area (Å²) in [5.74, 6) is -0.0625. The SMILES string of the molecule is Cc1ccccc1N1C(=O)CC[C@@H]1C(O)c1ccc(-c2ccccc2C(F)(F)F)s1. The van der Waals surface area contributed by atoms with E-state index < -0.39 is 23.9 Å². The number of aryl methyl sites for hydroxylation is 1. The number of hydrogen-bond donors (Lipinski definition) is 1. The molecule has 3 nitrogen and oxygen atoms in total. The molecule has 1 aromatic heterocycles. The van der Waals surface area contributed by atoms with Crippen molar-refractivity contribution >= 4 is 22.9 Å². The number of nitrogens with zero attached hydrogens (tertiary/aromatic N) is 1. The van der Waals surface area contributed by atoms with Gasteiger partial charge in [-0.05, 0) is 43.2 Å². The summed E-state index contributed by atoms with van der Waals surface area (Å²) in [7, 11) is 0. The summed E-state index contributed by atoms with van der Waals surface area (Å²) in [5.41, 5.74) is 1.07. The van der Waals surface area contributed by atoms with E-state index in [0.717, 1.165) is 28.7 Å². The Morgan fingerprint density at radius 3 is 2.50 bits per heavy atom. The van der Waals surface area contributed by atoms with Gasteiger partial charge in [-0.15, -0.1) is 11.3 Å². The van der Waals surface area contributed by atoms with Crippen molar-refractivity contribution in [2.45, 2.75) is 38.1 Å². The van der Waals surface area contributed by atoms with Gasteiger partial charge in [0.15, 0.2) is 0 Å². The average molecular weight is 431 g/mol. The number of alkyl halides is 3. The van der Waals surface area contributed by atoms with Gasteiger partial charge in [-0.25, -0.2) is 0 Å². The zero-order chi connectivity index (χ0) is 21.5. The number of carbonyl (C=O) groups is 1. The van der Waals surface area contributed by atoms with Crippen LogP contribution in [0, 0.1) is 6.92 Å². The normalized spacial score (nSPS) is 18.1. The molecule has 3 aromatic rings. The van der Waals surface area contributed by atoms with Crippen LogP contribution in [0.15, 0.2) is 60.7 Å². The lowest BCUT2D eigenvalue weighted by Gasteiger charge is -2.29. The number of rotatable bonds is 4. The van der Waals surface area contributed by atoms with Crippen LogP contribution in [-0.2, 0) is 11.0 Å². The zero-order valence-corrected chi connectivity index (χ0v) is 17.0. The largest absolute Gasteiger partial charge is 0.417 e. The Morgan fingerprint density at radius 2 is 1.77 bits per heavy atom. The molecule has 0 bridgehead atoms. The first-order chi connectivity index (χ1) is 14.3. The molecule has 2 aromatic carbocycles. The molecular formula is C23H20F3NO2S. The number of aliphatic hydroxyl groups is 1. The molecule has 4 rings (SSSR count). The maximum atomic E-state index is 13.4. The van der Waals surface area contributed by atoms with Gasteiger partial charge in [0, 0.05) is 27.4 Å². The van der Waals surface area contributed by atoms with Crippen LogP contribution in [0.1, 0.15) is 34.9 Å². The maximum Gasteiger partial charge on any atom is 0.417 e. The first kappa shape index (κ1) is 20.6. The van der Waals surface area contributed by atoms with Gasteiger partial charge in [-0.2, -0.15) is 13.2 Å². The maximum absolute atomic E-state index is 13.4. The number of halogens is 3. The van der Waals surface area contributed by atoms with E-state index in [-0.39, 0.29) is 11.5 Å². The average Bonchev–Trinajstić information content (AvgIpc) is 3.35. The van der Waals surface area contributed by atoms with Crippen LogP contribution in [0.25, 0.3) is 10.4 Å². The number of hydrogen-bond acceptors (Lipinski definition) is 3. The summed E-state index contributed by atoms with van der Waals surface area (Å²) in [4.78, 5) is 15.2. The Labute approximate surface area is 176 Å². The van der Waals surface area contributed by atoms with Crippen LogP contribution in [-0.4, -0.2) is 17.1 Å². The second-order valence-corrected chi connectivity index (χ2v) is 8.46. The van der Waals surface area contributed by atoms with Crippen molar-refractivity contribution in [3.05, 3.63) is 76.7 Å². The molecule has 30 heavy (non-hydrogen) atoms. The number of para-hydroxylation sites is 1. The molecule has 1 amide bonds. The Kier molecular flexibility index (Phi) is 5.42. The van der Waals surface area contributed by atoms with Crippen molar-refractivity contribution in [2.75, 3.05) is 4.90 Å². The van der Waals surface area contributed by atoms with E-state index in [1.54, 1.807) is 23.1 Å². The number of aliphatic hydroxyl groups excluding tert-OH is 1. The van der Waals surface area contributed by atoms with E-state index in [2.05, 4.69) is 0 Å². The van der Waals surface area contributed by atoms with Gasteiger partial charge >= 0.3 is 6.18 Å². The predicted octanol–water partition coefficient (Wildman–Crippen LogP) is 5.97. The standard InChI is InChI=1S/C23H20F3NO2S/c1-14-6-2-5-9-17(14)27-18(10-13-21(27)28)22(29)20-12-11-19(30-20)15-7-3-4-8-16(15)23(24,25)26/h2-9,11-12,18,22,29H,10,13H2,1H3/t18-,22?/m1/s1. The third-order valence-electron chi connectivity index (χ3n) is 5.41. The van der Waals surface area contributed by atoms with Crippen LogP contribution in [0.4, 0.5) is 18.9 Å². The highest BCUT2D eigenvalue weighted by molar-refractivity contribution is 7.15. The van der Waals surface area contributed by atoms with Crippen molar-refractivity contribution in [1.29, 1.82) is 0 Å². The highest BCUT2D eigenvalue weighted by Crippen LogP contribution is 2.42. The fourth-order valence-electron chi connectivity index (χ4n) is 3.94. The molecule has 7 heteroatoms. The smallest absolute Gasteiger partial charge is 0.385 e. The minimum absolute atomic E-state index is 0.0625. The molecule has 1 aliphatic heterocycles. The second-order valence-electron chi connectivity index (χ2n) is 7.35. The highest BCUT2D eigenvalue weighted by atomic mass is 32.1. The number of anilines is 1. The van der Waals surface area contributed by atoms with Gasteiger partial charge in [-0.1, -0.05) is 36.4 Å². The number of thiophene rings is 1. The zero-order valence-electron chi connectivity index (χ0n) is 16.2. The lowest BCUT2D eigenvalue weighted by atomic mass is 10.0. The Bertz CT molecular complexity index is 1080. The van der Waals surface area contributed by atoms with Gasteiger partial charge in [0.2, 0.25) is 5.91 Å². The van der Waals surface area contributed by atoms with Crippen LogP contribution < -0.4 is 4.90 Å². The van der Waals surface area contributed by atoms with Crippen molar-refractivity contribution in [3.63, 3.8) is 0 Å². The molecule has 1 N–H and O–H groups in total. The molecule has 0 saturated carbocycles. The first-order valence-electron chi connectivity index (χ1n) is 9.59. The molecule has 0 aliphatic carbocycles. The van der Waals surface area contributed by atoms with Gasteiger partial charge in [0.25, 0.3) is 0 Å². The molecule has 1 fully saturated rings. The van der Waals surface area contributed by atoms with Crippen molar-refractivity contribution in [2.24, 2.45) is 0 Å². The third kappa shape index (κ3) is 3.75. The van der Waals surface area contributed by atoms with E-state index in [0.29, 0.717) is 22.6 Å². The van der Waals surface area contributed by atoms with Gasteiger partial charge in [0.05, 0.1) is 11.6 Å². The van der Waals surface area contributed by atoms with Gasteiger partial charge in [0.1, 0.15) is 6.10 Å². The summed E-state index contributed by atoms with van der Waals surface area (Å²) < 4.78 is 40.1. The topological polar surface area (TPSA) is 40.5 Å². The number of carbonyl (C=O) groups excluding carboxylic acids is 1. The third-order valence-corrected chi connectivity index (χ3v) is 6.60. The summed E-state index contributed by atoms with van der Waals surface area (Å²) in [5, 5.41) is 11.0.